The van der Waals surface area contributed by atoms with E-state index in [0.717, 1.165) is 0 Å². The molecule has 4 aromatic heterocycles. The Labute approximate surface area is 284 Å². The molecule has 0 radical (unpaired) electrons. The SMILES string of the molecule is COC(=O)c1nnc(-c2cc(Nc3cccc(-c4ncn(C)n4)c3OC)c(C(=O)OC)nn2)cc1Nc1cccc(-c2ncn(C)n2)c1OC. The van der Waals surface area contributed by atoms with Gasteiger partial charge in [0.05, 0.1) is 62.3 Å². The molecule has 0 bridgehead atoms. The van der Waals surface area contributed by atoms with Crippen molar-refractivity contribution in [2.45, 2.75) is 0 Å². The van der Waals surface area contributed by atoms with E-state index >= 15 is 0 Å². The number of nitrogens with zero attached hydrogens (tertiary/aromatic N) is 10. The summed E-state index contributed by atoms with van der Waals surface area (Å²) in [4.78, 5) is 34.2. The van der Waals surface area contributed by atoms with Gasteiger partial charge in [-0.2, -0.15) is 10.2 Å². The normalized spacial score (nSPS) is 10.8. The third kappa shape index (κ3) is 6.44. The van der Waals surface area contributed by atoms with Gasteiger partial charge in [0.25, 0.3) is 0 Å². The van der Waals surface area contributed by atoms with Crippen LogP contribution in [-0.4, -0.2) is 90.3 Å². The molecule has 0 aliphatic rings. The monoisotopic (exact) mass is 678 g/mol. The fourth-order valence-corrected chi connectivity index (χ4v) is 5.00. The van der Waals surface area contributed by atoms with E-state index in [-0.39, 0.29) is 34.2 Å². The Kier molecular flexibility index (Phi) is 9.24. The molecule has 0 fully saturated rings. The van der Waals surface area contributed by atoms with Crippen LogP contribution < -0.4 is 20.1 Å². The second-order valence-electron chi connectivity index (χ2n) is 10.5. The maximum Gasteiger partial charge on any atom is 0.360 e. The van der Waals surface area contributed by atoms with Crippen molar-refractivity contribution in [3.8, 4) is 45.7 Å². The second-order valence-corrected chi connectivity index (χ2v) is 10.5. The second kappa shape index (κ2) is 14.0. The molecule has 6 aromatic rings. The maximum atomic E-state index is 12.8. The summed E-state index contributed by atoms with van der Waals surface area (Å²) < 4.78 is 24.5. The number of rotatable bonds is 11. The van der Waals surface area contributed by atoms with Crippen LogP contribution in [0.3, 0.4) is 0 Å². The lowest BCUT2D eigenvalue weighted by molar-refractivity contribution is 0.0585. The minimum absolute atomic E-state index is 0.109. The van der Waals surface area contributed by atoms with Crippen molar-refractivity contribution in [3.63, 3.8) is 0 Å². The highest BCUT2D eigenvalue weighted by Gasteiger charge is 2.24. The number of aryl methyl sites for hydroxylation is 2. The molecule has 0 saturated heterocycles. The molecule has 18 nitrogen and oxygen atoms in total. The molecule has 6 rings (SSSR count). The van der Waals surface area contributed by atoms with Crippen molar-refractivity contribution in [2.75, 3.05) is 39.1 Å². The van der Waals surface area contributed by atoms with Gasteiger partial charge in [-0.3, -0.25) is 9.36 Å². The predicted octanol–water partition coefficient (Wildman–Crippen LogP) is 3.60. The molecule has 0 atom stereocenters. The van der Waals surface area contributed by atoms with Crippen LogP contribution in [0.15, 0.2) is 61.2 Å². The van der Waals surface area contributed by atoms with Crippen LogP contribution in [0.25, 0.3) is 34.2 Å². The zero-order chi connectivity index (χ0) is 35.4. The molecule has 2 aromatic carbocycles. The number of esters is 2. The predicted molar refractivity (Wildman–Crippen MR) is 178 cm³/mol. The van der Waals surface area contributed by atoms with Gasteiger partial charge in [0.2, 0.25) is 0 Å². The summed E-state index contributed by atoms with van der Waals surface area (Å²) in [7, 11) is 9.00. The first kappa shape index (κ1) is 32.9. The fraction of sp³-hybridized carbons (Fsp3) is 0.188. The Balaban J connectivity index is 1.42. The number of benzene rings is 2. The van der Waals surface area contributed by atoms with E-state index < -0.39 is 11.9 Å². The first-order valence-electron chi connectivity index (χ1n) is 14.8. The quantitative estimate of drug-likeness (QED) is 0.188. The summed E-state index contributed by atoms with van der Waals surface area (Å²) in [6.07, 6.45) is 3.15. The number of hydrogen-bond donors (Lipinski definition) is 2. The Morgan fingerprint density at radius 2 is 1.02 bits per heavy atom. The molecule has 0 amide bonds. The maximum absolute atomic E-state index is 12.8. The van der Waals surface area contributed by atoms with Crippen molar-refractivity contribution in [1.29, 1.82) is 0 Å². The van der Waals surface area contributed by atoms with E-state index in [2.05, 4.69) is 51.2 Å². The van der Waals surface area contributed by atoms with Gasteiger partial charge in [0.15, 0.2) is 34.5 Å². The van der Waals surface area contributed by atoms with E-state index in [1.807, 2.05) is 0 Å². The minimum atomic E-state index is -0.739. The van der Waals surface area contributed by atoms with E-state index in [4.69, 9.17) is 18.9 Å². The molecule has 4 heterocycles. The molecule has 0 aliphatic heterocycles. The summed E-state index contributed by atoms with van der Waals surface area (Å²) in [6.45, 7) is 0. The average molecular weight is 679 g/mol. The van der Waals surface area contributed by atoms with Gasteiger partial charge in [-0.25, -0.2) is 19.6 Å². The molecular formula is C32H30N12O6. The van der Waals surface area contributed by atoms with Crippen LogP contribution in [0.2, 0.25) is 0 Å². The Morgan fingerprint density at radius 3 is 1.36 bits per heavy atom. The van der Waals surface area contributed by atoms with Crippen molar-refractivity contribution < 1.29 is 28.5 Å². The Morgan fingerprint density at radius 1 is 0.600 bits per heavy atom. The zero-order valence-corrected chi connectivity index (χ0v) is 27.7. The number of hydrogen-bond acceptors (Lipinski definition) is 16. The number of nitrogens with one attached hydrogen (secondary N) is 2. The summed E-state index contributed by atoms with van der Waals surface area (Å²) in [5.41, 5.74) is 2.80. The van der Waals surface area contributed by atoms with E-state index in [1.54, 1.807) is 84.6 Å². The van der Waals surface area contributed by atoms with Crippen molar-refractivity contribution in [1.82, 2.24) is 49.9 Å². The van der Waals surface area contributed by atoms with Crippen LogP contribution in [0.4, 0.5) is 22.7 Å². The molecule has 50 heavy (non-hydrogen) atoms. The van der Waals surface area contributed by atoms with Crippen LogP contribution in [0.5, 0.6) is 11.5 Å². The number of carbonyl (C=O) groups is 2. The number of carbonyl (C=O) groups excluding carboxylic acids is 2. The van der Waals surface area contributed by atoms with Crippen molar-refractivity contribution in [2.24, 2.45) is 14.1 Å². The first-order valence-corrected chi connectivity index (χ1v) is 14.8. The van der Waals surface area contributed by atoms with Gasteiger partial charge in [0, 0.05) is 14.1 Å². The topological polar surface area (TPSA) is 208 Å². The first-order chi connectivity index (χ1) is 24.2. The highest BCUT2D eigenvalue weighted by molar-refractivity contribution is 5.97. The lowest BCUT2D eigenvalue weighted by atomic mass is 10.1. The van der Waals surface area contributed by atoms with Crippen LogP contribution in [0, 0.1) is 0 Å². The lowest BCUT2D eigenvalue weighted by Gasteiger charge is -2.16. The molecule has 0 aliphatic carbocycles. The average Bonchev–Trinajstić information content (AvgIpc) is 3.78. The Hall–Kier alpha value is -6.98. The number of para-hydroxylation sites is 2. The largest absolute Gasteiger partial charge is 0.494 e. The molecule has 254 valence electrons. The third-order valence-corrected chi connectivity index (χ3v) is 7.27. The smallest absolute Gasteiger partial charge is 0.360 e. The fourth-order valence-electron chi connectivity index (χ4n) is 5.00. The van der Waals surface area contributed by atoms with Crippen molar-refractivity contribution >= 4 is 34.7 Å². The molecular weight excluding hydrogens is 648 g/mol. The highest BCUT2D eigenvalue weighted by atomic mass is 16.5. The minimum Gasteiger partial charge on any atom is -0.494 e. The Bertz CT molecular complexity index is 2060. The highest BCUT2D eigenvalue weighted by Crippen LogP contribution is 2.39. The molecule has 0 spiro atoms. The third-order valence-electron chi connectivity index (χ3n) is 7.27. The van der Waals surface area contributed by atoms with Gasteiger partial charge in [0.1, 0.15) is 24.0 Å². The van der Waals surface area contributed by atoms with Gasteiger partial charge >= 0.3 is 11.9 Å². The van der Waals surface area contributed by atoms with E-state index in [1.165, 1.54) is 28.4 Å². The standard InChI is InChI=1S/C32H30N12O6/c1-43-15-33-29(41-43)17-9-7-11-19(27(17)47-3)35-23-13-21(37-39-25(23)31(45)49-5)22-14-24(26(40-38-22)32(46)50-6)36-20-12-8-10-18(28(20)48-4)30-34-16-44(2)42-30/h7-16H,1-6H3,(H,35,37)(H,36,38). The number of methoxy groups -OCH3 is 4. The van der Waals surface area contributed by atoms with Crippen molar-refractivity contribution in [3.05, 3.63) is 72.6 Å². The van der Waals surface area contributed by atoms with Crippen LogP contribution >= 0.6 is 0 Å². The van der Waals surface area contributed by atoms with Crippen LogP contribution in [0.1, 0.15) is 21.0 Å². The number of ether oxygens (including phenoxy) is 4. The van der Waals surface area contributed by atoms with E-state index in [0.29, 0.717) is 45.6 Å². The zero-order valence-electron chi connectivity index (χ0n) is 27.7. The summed E-state index contributed by atoms with van der Waals surface area (Å²) in [5, 5.41) is 31.9. The molecule has 2 N–H and O–H groups in total. The summed E-state index contributed by atoms with van der Waals surface area (Å²) in [5.74, 6) is 0.231. The van der Waals surface area contributed by atoms with Gasteiger partial charge < -0.3 is 29.6 Å². The molecule has 18 heteroatoms. The van der Waals surface area contributed by atoms with Crippen LogP contribution in [-0.2, 0) is 23.6 Å². The lowest BCUT2D eigenvalue weighted by Crippen LogP contribution is -2.13. The summed E-state index contributed by atoms with van der Waals surface area (Å²) >= 11 is 0. The molecule has 0 saturated carbocycles. The van der Waals surface area contributed by atoms with E-state index in [9.17, 15) is 9.59 Å². The van der Waals surface area contributed by atoms with Gasteiger partial charge in [-0.15, -0.1) is 20.4 Å². The summed E-state index contributed by atoms with van der Waals surface area (Å²) in [6, 6.07) is 13.8. The number of anilines is 4. The van der Waals surface area contributed by atoms with Gasteiger partial charge in [-0.1, -0.05) is 12.1 Å². The number of aromatic nitrogens is 10. The molecule has 0 unspecified atom stereocenters. The van der Waals surface area contributed by atoms with Gasteiger partial charge in [-0.05, 0) is 36.4 Å².